The van der Waals surface area contributed by atoms with Crippen LogP contribution in [-0.4, -0.2) is 9.55 Å². The van der Waals surface area contributed by atoms with E-state index in [2.05, 4.69) is 303 Å². The molecule has 0 aliphatic carbocycles. The molecule has 5 heteroatoms. The number of pyridine rings is 1. The smallest absolute Gasteiger partial charge is 0.135 e. The molecule has 2 aromatic heterocycles. The van der Waals surface area contributed by atoms with E-state index in [4.69, 9.17) is 4.98 Å². The molecule has 11 rings (SSSR count). The molecule has 10 aromatic rings. The number of benzene rings is 8. The van der Waals surface area contributed by atoms with Crippen LogP contribution in [0.25, 0.3) is 27.6 Å². The Morgan fingerprint density at radius 1 is 0.413 bits per heavy atom. The number of nitrogens with zero attached hydrogens (tertiary/aromatic N) is 4. The number of hydrogen-bond donors (Lipinski definition) is 0. The summed E-state index contributed by atoms with van der Waals surface area (Å²) >= 11 is 0. The number of hydrogen-bond acceptors (Lipinski definition) is 3. The molecular formula is C70H67N4Pt-3. The SMILES string of the molecule is CC(C)(C)c1cc(N2[CH-]N(c3[c-]c(C(c4[c-]c5c(cc4)c4cc(C(C)(C)c6ccccc6)ccc4n5-c4cc(C(C)(C)C)ccn4)(c4ccccc4)c4ccccc4)ccc3)c3ccccc32)cc(C(C)(C)C)c1.[Pt]. The standard InChI is InChI=1S/C70H67N4.Pt/c1-66(2,3)51-38-39-71-65(46-51)74-61-37-35-52(69(10,11)48-24-15-12-16-25-48)44-60(61)59-36-34-54(45-64(59)74)70(49-26-17-13-18-27-49,50-28-19-14-20-29-50)53-30-23-31-57(41-53)72-47-73(63-33-22-21-32-62(63)72)58-42-55(67(4,5)6)40-56(43-58)68(7,8)9;/h12-40,42-44,46-47H,1-11H3;/q-3;. The van der Waals surface area contributed by atoms with Gasteiger partial charge in [-0.25, -0.2) is 4.98 Å². The van der Waals surface area contributed by atoms with E-state index in [9.17, 15) is 0 Å². The Kier molecular flexibility index (Phi) is 13.2. The fraction of sp³-hybridized carbons (Fsp3) is 0.229. The summed E-state index contributed by atoms with van der Waals surface area (Å²) in [4.78, 5) is 9.81. The van der Waals surface area contributed by atoms with Crippen LogP contribution >= 0.6 is 0 Å². The first kappa shape index (κ1) is 51.5. The van der Waals surface area contributed by atoms with Crippen molar-refractivity contribution in [3.05, 3.63) is 269 Å². The van der Waals surface area contributed by atoms with Gasteiger partial charge in [-0.3, -0.25) is 0 Å². The third-order valence-corrected chi connectivity index (χ3v) is 15.6. The van der Waals surface area contributed by atoms with Gasteiger partial charge < -0.3 is 14.4 Å². The second kappa shape index (κ2) is 19.3. The Balaban J connectivity index is 0.00000641. The number of rotatable bonds is 9. The third kappa shape index (κ3) is 9.14. The van der Waals surface area contributed by atoms with E-state index in [1.54, 1.807) is 0 Å². The van der Waals surface area contributed by atoms with Crippen LogP contribution in [0.15, 0.2) is 200 Å². The minimum absolute atomic E-state index is 0. The Morgan fingerprint density at radius 3 is 1.55 bits per heavy atom. The molecule has 0 N–H and O–H groups in total. The van der Waals surface area contributed by atoms with Crippen LogP contribution in [0.4, 0.5) is 22.7 Å². The van der Waals surface area contributed by atoms with Crippen LogP contribution in [0.3, 0.4) is 0 Å². The minimum Gasteiger partial charge on any atom is -0.493 e. The van der Waals surface area contributed by atoms with Crippen LogP contribution in [0, 0.1) is 18.8 Å². The van der Waals surface area contributed by atoms with Crippen molar-refractivity contribution in [3.8, 4) is 5.82 Å². The van der Waals surface area contributed by atoms with Gasteiger partial charge in [-0.05, 0) is 103 Å². The van der Waals surface area contributed by atoms with Crippen LogP contribution in [0.5, 0.6) is 0 Å². The third-order valence-electron chi connectivity index (χ3n) is 15.6. The molecule has 0 bridgehead atoms. The molecule has 0 spiro atoms. The zero-order chi connectivity index (χ0) is 51.8. The molecule has 0 fully saturated rings. The minimum atomic E-state index is -0.850. The van der Waals surface area contributed by atoms with Gasteiger partial charge >= 0.3 is 0 Å². The second-order valence-corrected chi connectivity index (χ2v) is 23.9. The summed E-state index contributed by atoms with van der Waals surface area (Å²) in [6.45, 7) is 27.5. The average molecular weight is 1160 g/mol. The zero-order valence-corrected chi connectivity index (χ0v) is 47.5. The van der Waals surface area contributed by atoms with Crippen LogP contribution in [-0.2, 0) is 48.1 Å². The molecule has 75 heavy (non-hydrogen) atoms. The van der Waals surface area contributed by atoms with E-state index in [0.717, 1.165) is 67.2 Å². The van der Waals surface area contributed by atoms with Crippen molar-refractivity contribution in [1.82, 2.24) is 9.55 Å². The van der Waals surface area contributed by atoms with Crippen molar-refractivity contribution in [2.24, 2.45) is 0 Å². The van der Waals surface area contributed by atoms with Crippen molar-refractivity contribution in [1.29, 1.82) is 0 Å². The average Bonchev–Trinajstić information content (AvgIpc) is 3.95. The van der Waals surface area contributed by atoms with E-state index < -0.39 is 5.41 Å². The van der Waals surface area contributed by atoms with Gasteiger partial charge in [0.15, 0.2) is 0 Å². The number of aromatic nitrogens is 2. The molecule has 0 radical (unpaired) electrons. The van der Waals surface area contributed by atoms with E-state index >= 15 is 0 Å². The number of anilines is 4. The molecule has 0 unspecified atom stereocenters. The van der Waals surface area contributed by atoms with E-state index in [1.165, 1.54) is 33.2 Å². The van der Waals surface area contributed by atoms with Crippen LogP contribution in [0.2, 0.25) is 0 Å². The largest absolute Gasteiger partial charge is 0.493 e. The fourth-order valence-corrected chi connectivity index (χ4v) is 11.1. The first-order chi connectivity index (χ1) is 35.3. The van der Waals surface area contributed by atoms with Gasteiger partial charge in [0, 0.05) is 60.7 Å². The first-order valence-corrected chi connectivity index (χ1v) is 26.2. The van der Waals surface area contributed by atoms with Crippen molar-refractivity contribution < 1.29 is 21.1 Å². The molecule has 380 valence electrons. The van der Waals surface area contributed by atoms with Crippen molar-refractivity contribution in [2.45, 2.75) is 103 Å². The molecule has 4 nitrogen and oxygen atoms in total. The molecule has 0 saturated carbocycles. The van der Waals surface area contributed by atoms with Gasteiger partial charge in [0.1, 0.15) is 5.82 Å². The molecule has 1 aliphatic rings. The van der Waals surface area contributed by atoms with E-state index in [-0.39, 0.29) is 42.7 Å². The van der Waals surface area contributed by atoms with Crippen LogP contribution in [0.1, 0.15) is 126 Å². The van der Waals surface area contributed by atoms with Gasteiger partial charge in [0.05, 0.1) is 0 Å². The van der Waals surface area contributed by atoms with Crippen molar-refractivity contribution in [3.63, 3.8) is 0 Å². The summed E-state index contributed by atoms with van der Waals surface area (Å²) in [5.41, 5.74) is 15.8. The van der Waals surface area contributed by atoms with E-state index in [1.807, 2.05) is 6.20 Å². The summed E-state index contributed by atoms with van der Waals surface area (Å²) in [6.07, 6.45) is 1.96. The monoisotopic (exact) mass is 1160 g/mol. The summed E-state index contributed by atoms with van der Waals surface area (Å²) < 4.78 is 2.34. The summed E-state index contributed by atoms with van der Waals surface area (Å²) in [5.74, 6) is 0.870. The van der Waals surface area contributed by atoms with Gasteiger partial charge in [-0.2, -0.15) is 42.5 Å². The van der Waals surface area contributed by atoms with Gasteiger partial charge in [0.25, 0.3) is 0 Å². The maximum absolute atomic E-state index is 5.14. The number of fused-ring (bicyclic) bond motifs is 4. The van der Waals surface area contributed by atoms with Crippen molar-refractivity contribution >= 4 is 44.6 Å². The molecule has 3 heterocycles. The molecule has 0 atom stereocenters. The molecular weight excluding hydrogens is 1090 g/mol. The molecule has 8 aromatic carbocycles. The van der Waals surface area contributed by atoms with Gasteiger partial charge in [-0.15, -0.1) is 28.9 Å². The fourth-order valence-electron chi connectivity index (χ4n) is 11.1. The Labute approximate surface area is 460 Å². The quantitative estimate of drug-likeness (QED) is 0.106. The summed E-state index contributed by atoms with van der Waals surface area (Å²) in [7, 11) is 0. The molecule has 1 aliphatic heterocycles. The number of para-hydroxylation sites is 2. The van der Waals surface area contributed by atoms with E-state index in [0.29, 0.717) is 0 Å². The summed E-state index contributed by atoms with van der Waals surface area (Å²) in [5, 5.41) is 2.29. The van der Waals surface area contributed by atoms with Gasteiger partial charge in [0.2, 0.25) is 0 Å². The summed E-state index contributed by atoms with van der Waals surface area (Å²) in [6, 6.07) is 79.6. The predicted molar refractivity (Wildman–Crippen MR) is 311 cm³/mol. The van der Waals surface area contributed by atoms with Crippen molar-refractivity contribution in [2.75, 3.05) is 9.80 Å². The Hall–Kier alpha value is -7.00. The van der Waals surface area contributed by atoms with Gasteiger partial charge in [-0.1, -0.05) is 203 Å². The second-order valence-electron chi connectivity index (χ2n) is 23.9. The molecule has 0 saturated heterocycles. The zero-order valence-electron chi connectivity index (χ0n) is 45.2. The van der Waals surface area contributed by atoms with Crippen LogP contribution < -0.4 is 9.80 Å². The normalized spacial score (nSPS) is 13.3. The first-order valence-electron chi connectivity index (χ1n) is 26.2. The maximum atomic E-state index is 5.14. The Bertz CT molecular complexity index is 3610. The maximum Gasteiger partial charge on any atom is 0.135 e. The Morgan fingerprint density at radius 2 is 0.960 bits per heavy atom. The molecule has 0 amide bonds. The topological polar surface area (TPSA) is 24.3 Å². The predicted octanol–water partition coefficient (Wildman–Crippen LogP) is 17.8.